The van der Waals surface area contributed by atoms with Gasteiger partial charge in [0.05, 0.1) is 0 Å². The van der Waals surface area contributed by atoms with Crippen molar-refractivity contribution in [3.63, 3.8) is 0 Å². The number of carbonyl (C=O) groups excluding carboxylic acids is 3. The average molecular weight is 911 g/mol. The number of hydrogen-bond donors (Lipinski definition) is 0. The fraction of sp³-hybridized carbons (Fsp3) is 0.814. The van der Waals surface area contributed by atoms with Gasteiger partial charge in [0.15, 0.2) is 6.10 Å². The second kappa shape index (κ2) is 54.0. The van der Waals surface area contributed by atoms with Crippen LogP contribution in [0, 0.1) is 0 Å². The summed E-state index contributed by atoms with van der Waals surface area (Å²) < 4.78 is 16.8. The van der Waals surface area contributed by atoms with Crippen LogP contribution >= 0.6 is 0 Å². The summed E-state index contributed by atoms with van der Waals surface area (Å²) in [5.74, 6) is -0.886. The van der Waals surface area contributed by atoms with E-state index in [1.807, 2.05) is 0 Å². The quantitative estimate of drug-likeness (QED) is 0.0262. The Morgan fingerprint density at radius 1 is 0.308 bits per heavy atom. The lowest BCUT2D eigenvalue weighted by molar-refractivity contribution is -0.167. The molecule has 0 aliphatic heterocycles. The van der Waals surface area contributed by atoms with Gasteiger partial charge in [0.2, 0.25) is 0 Å². The predicted molar refractivity (Wildman–Crippen MR) is 279 cm³/mol. The molecule has 0 fully saturated rings. The van der Waals surface area contributed by atoms with Crippen LogP contribution in [0.5, 0.6) is 0 Å². The first-order chi connectivity index (χ1) is 32.0. The Balaban J connectivity index is 4.33. The summed E-state index contributed by atoms with van der Waals surface area (Å²) in [6.07, 6.45) is 65.2. The van der Waals surface area contributed by atoms with Crippen LogP contribution in [0.25, 0.3) is 0 Å². The zero-order chi connectivity index (χ0) is 47.2. The molecule has 0 aliphatic carbocycles. The molecule has 0 aliphatic rings. The van der Waals surface area contributed by atoms with E-state index in [-0.39, 0.29) is 31.1 Å². The molecular weight excluding hydrogens is 805 g/mol. The molecule has 378 valence electrons. The molecule has 0 spiro atoms. The highest BCUT2D eigenvalue weighted by molar-refractivity contribution is 5.71. The zero-order valence-corrected chi connectivity index (χ0v) is 43.3. The minimum Gasteiger partial charge on any atom is -0.462 e. The highest BCUT2D eigenvalue weighted by Gasteiger charge is 2.19. The molecule has 6 nitrogen and oxygen atoms in total. The van der Waals surface area contributed by atoms with E-state index in [2.05, 4.69) is 69.4 Å². The predicted octanol–water partition coefficient (Wildman–Crippen LogP) is 18.7. The van der Waals surface area contributed by atoms with Gasteiger partial charge in [-0.1, -0.05) is 223 Å². The van der Waals surface area contributed by atoms with E-state index < -0.39 is 6.10 Å². The normalized spacial score (nSPS) is 12.4. The topological polar surface area (TPSA) is 78.9 Å². The van der Waals surface area contributed by atoms with Crippen LogP contribution in [0.3, 0.4) is 0 Å². The Labute approximate surface area is 403 Å². The monoisotopic (exact) mass is 911 g/mol. The summed E-state index contributed by atoms with van der Waals surface area (Å²) >= 11 is 0. The highest BCUT2D eigenvalue weighted by Crippen LogP contribution is 2.15. The van der Waals surface area contributed by atoms with E-state index >= 15 is 0 Å². The van der Waals surface area contributed by atoms with Gasteiger partial charge < -0.3 is 14.2 Å². The summed E-state index contributed by atoms with van der Waals surface area (Å²) in [4.78, 5) is 38.1. The Morgan fingerprint density at radius 2 is 0.569 bits per heavy atom. The van der Waals surface area contributed by atoms with Crippen molar-refractivity contribution >= 4 is 17.9 Å². The fourth-order valence-electron chi connectivity index (χ4n) is 7.98. The molecule has 65 heavy (non-hydrogen) atoms. The lowest BCUT2D eigenvalue weighted by Gasteiger charge is -2.18. The number of allylic oxidation sites excluding steroid dienone is 8. The van der Waals surface area contributed by atoms with Gasteiger partial charge in [0, 0.05) is 19.3 Å². The molecule has 0 aromatic rings. The zero-order valence-electron chi connectivity index (χ0n) is 43.3. The minimum absolute atomic E-state index is 0.0784. The Bertz CT molecular complexity index is 1140. The van der Waals surface area contributed by atoms with Crippen LogP contribution in [0.15, 0.2) is 48.6 Å². The molecule has 0 saturated carbocycles. The van der Waals surface area contributed by atoms with Gasteiger partial charge >= 0.3 is 17.9 Å². The molecule has 0 aromatic carbocycles. The van der Waals surface area contributed by atoms with Crippen molar-refractivity contribution in [1.82, 2.24) is 0 Å². The molecule has 0 saturated heterocycles. The maximum absolute atomic E-state index is 12.8. The van der Waals surface area contributed by atoms with Crippen molar-refractivity contribution in [2.24, 2.45) is 0 Å². The number of unbranched alkanes of at least 4 members (excludes halogenated alkanes) is 32. The number of rotatable bonds is 51. The highest BCUT2D eigenvalue weighted by atomic mass is 16.6. The third-order valence-electron chi connectivity index (χ3n) is 12.3. The second-order valence-corrected chi connectivity index (χ2v) is 18.8. The van der Waals surface area contributed by atoms with Crippen molar-refractivity contribution < 1.29 is 28.6 Å². The molecule has 1 atom stereocenters. The number of esters is 3. The largest absolute Gasteiger partial charge is 0.462 e. The van der Waals surface area contributed by atoms with E-state index in [1.54, 1.807) is 0 Å². The van der Waals surface area contributed by atoms with Crippen molar-refractivity contribution in [3.8, 4) is 0 Å². The van der Waals surface area contributed by atoms with E-state index in [0.717, 1.165) is 70.6 Å². The van der Waals surface area contributed by atoms with Gasteiger partial charge in [0.25, 0.3) is 0 Å². The molecule has 0 bridgehead atoms. The lowest BCUT2D eigenvalue weighted by Crippen LogP contribution is -2.30. The van der Waals surface area contributed by atoms with Crippen LogP contribution in [0.1, 0.15) is 290 Å². The van der Waals surface area contributed by atoms with E-state index in [1.165, 1.54) is 180 Å². The third kappa shape index (κ3) is 52.2. The smallest absolute Gasteiger partial charge is 0.306 e. The molecule has 0 rings (SSSR count). The van der Waals surface area contributed by atoms with E-state index in [0.29, 0.717) is 19.3 Å². The van der Waals surface area contributed by atoms with Crippen LogP contribution in [-0.2, 0) is 28.6 Å². The third-order valence-corrected chi connectivity index (χ3v) is 12.3. The van der Waals surface area contributed by atoms with Crippen molar-refractivity contribution in [1.29, 1.82) is 0 Å². The Morgan fingerprint density at radius 3 is 0.938 bits per heavy atom. The van der Waals surface area contributed by atoms with Crippen LogP contribution in [0.4, 0.5) is 0 Å². The molecule has 1 unspecified atom stereocenters. The fourth-order valence-corrected chi connectivity index (χ4v) is 7.98. The van der Waals surface area contributed by atoms with Gasteiger partial charge in [-0.25, -0.2) is 0 Å². The number of hydrogen-bond acceptors (Lipinski definition) is 6. The maximum Gasteiger partial charge on any atom is 0.306 e. The molecule has 6 heteroatoms. The van der Waals surface area contributed by atoms with Crippen LogP contribution in [0.2, 0.25) is 0 Å². The Kier molecular flexibility index (Phi) is 51.8. The molecule has 0 aromatic heterocycles. The first-order valence-corrected chi connectivity index (χ1v) is 28.1. The summed E-state index contributed by atoms with van der Waals surface area (Å²) in [6, 6.07) is 0. The molecule has 0 N–H and O–H groups in total. The summed E-state index contributed by atoms with van der Waals surface area (Å²) in [6.45, 7) is 6.58. The van der Waals surface area contributed by atoms with E-state index in [9.17, 15) is 14.4 Å². The van der Waals surface area contributed by atoms with Crippen molar-refractivity contribution in [3.05, 3.63) is 48.6 Å². The van der Waals surface area contributed by atoms with Gasteiger partial charge in [-0.2, -0.15) is 0 Å². The molecule has 0 radical (unpaired) electrons. The summed E-state index contributed by atoms with van der Waals surface area (Å²) in [5.41, 5.74) is 0. The Hall–Kier alpha value is -2.63. The van der Waals surface area contributed by atoms with Crippen molar-refractivity contribution in [2.75, 3.05) is 13.2 Å². The van der Waals surface area contributed by atoms with E-state index in [4.69, 9.17) is 14.2 Å². The first-order valence-electron chi connectivity index (χ1n) is 28.1. The van der Waals surface area contributed by atoms with Gasteiger partial charge in [-0.3, -0.25) is 14.4 Å². The number of ether oxygens (including phenoxy) is 3. The standard InChI is InChI=1S/C59H106O6/c1-4-7-10-13-16-19-22-24-26-28-29-31-32-34-37-40-43-46-49-52-58(61)64-55-56(54-63-57(60)51-48-45-42-39-36-21-18-15-12-9-6-3)65-59(62)53-50-47-44-41-38-35-33-30-27-25-23-20-17-14-11-8-5-2/h15-16,18-19,24-27,56H,4-14,17,20-23,28-55H2,1-3H3/b18-15-,19-16-,26-24-,27-25-. The van der Waals surface area contributed by atoms with Gasteiger partial charge in [-0.15, -0.1) is 0 Å². The first kappa shape index (κ1) is 62.4. The lowest BCUT2D eigenvalue weighted by atomic mass is 10.1. The number of carbonyl (C=O) groups is 3. The van der Waals surface area contributed by atoms with Crippen molar-refractivity contribution in [2.45, 2.75) is 297 Å². The SMILES string of the molecule is CCCC/C=C\CCCCCCCC(=O)OCC(COC(=O)CCCCCCCCCCC/C=C\C/C=C\CCCCC)OC(=O)CCCCCCCCC/C=C\CCCCCCCC. The van der Waals surface area contributed by atoms with Crippen LogP contribution < -0.4 is 0 Å². The average Bonchev–Trinajstić information content (AvgIpc) is 3.30. The summed E-state index contributed by atoms with van der Waals surface area (Å²) in [5, 5.41) is 0. The molecule has 0 amide bonds. The maximum atomic E-state index is 12.8. The molecular formula is C59H106O6. The second-order valence-electron chi connectivity index (χ2n) is 18.8. The summed E-state index contributed by atoms with van der Waals surface area (Å²) in [7, 11) is 0. The van der Waals surface area contributed by atoms with Gasteiger partial charge in [-0.05, 0) is 96.3 Å². The minimum atomic E-state index is -0.779. The van der Waals surface area contributed by atoms with Gasteiger partial charge in [0.1, 0.15) is 13.2 Å². The molecule has 0 heterocycles. The van der Waals surface area contributed by atoms with Crippen LogP contribution in [-0.4, -0.2) is 37.2 Å².